The van der Waals surface area contributed by atoms with Crippen LogP contribution in [0, 0.1) is 5.92 Å². The number of amides is 1. The van der Waals surface area contributed by atoms with Crippen LogP contribution in [-0.2, 0) is 19.5 Å². The molecular weight excluding hydrogens is 330 g/mol. The molecule has 25 heavy (non-hydrogen) atoms. The maximum atomic E-state index is 13.0. The van der Waals surface area contributed by atoms with Crippen LogP contribution in [0.3, 0.4) is 0 Å². The van der Waals surface area contributed by atoms with Crippen LogP contribution in [0.1, 0.15) is 49.4 Å². The monoisotopic (exact) mass is 359 g/mol. The molecule has 1 aromatic heterocycles. The van der Waals surface area contributed by atoms with E-state index in [0.717, 1.165) is 17.7 Å². The number of aryl methyl sites for hydroxylation is 1. The molecule has 1 heterocycles. The topological polar surface area (TPSA) is 38.1 Å². The molecule has 4 nitrogen and oxygen atoms in total. The number of aromatic nitrogens is 2. The van der Waals surface area contributed by atoms with Crippen molar-refractivity contribution in [3.63, 3.8) is 0 Å². The van der Waals surface area contributed by atoms with Crippen molar-refractivity contribution >= 4 is 17.7 Å². The first-order chi connectivity index (χ1) is 12.0. The summed E-state index contributed by atoms with van der Waals surface area (Å²) in [6.07, 6.45) is 2.97. The Morgan fingerprint density at radius 3 is 2.44 bits per heavy atom. The summed E-state index contributed by atoms with van der Waals surface area (Å²) in [6, 6.07) is 10.4. The van der Waals surface area contributed by atoms with Gasteiger partial charge in [0.05, 0.1) is 5.69 Å². The number of hydrogen-bond donors (Lipinski definition) is 0. The molecule has 0 bridgehead atoms. The summed E-state index contributed by atoms with van der Waals surface area (Å²) in [7, 11) is 0. The zero-order valence-corrected chi connectivity index (χ0v) is 16.8. The zero-order chi connectivity index (χ0) is 18.4. The largest absolute Gasteiger partial charge is 0.333 e. The summed E-state index contributed by atoms with van der Waals surface area (Å²) in [5, 5.41) is 4.60. The predicted octanol–water partition coefficient (Wildman–Crippen LogP) is 4.49. The minimum absolute atomic E-state index is 0.0563. The molecule has 0 unspecified atom stereocenters. The van der Waals surface area contributed by atoms with Gasteiger partial charge in [0.25, 0.3) is 5.91 Å². The maximum Gasteiger partial charge on any atom is 0.272 e. The summed E-state index contributed by atoms with van der Waals surface area (Å²) >= 11 is 1.73. The van der Waals surface area contributed by atoms with Crippen molar-refractivity contribution in [2.24, 2.45) is 5.92 Å². The predicted molar refractivity (Wildman–Crippen MR) is 105 cm³/mol. The van der Waals surface area contributed by atoms with E-state index in [1.54, 1.807) is 11.8 Å². The minimum atomic E-state index is 0.0563. The number of hydrogen-bond acceptors (Lipinski definition) is 3. The summed E-state index contributed by atoms with van der Waals surface area (Å²) in [5.41, 5.74) is 2.85. The molecule has 0 atom stereocenters. The second-order valence-corrected chi connectivity index (χ2v) is 7.48. The van der Waals surface area contributed by atoms with Gasteiger partial charge in [-0.25, -0.2) is 0 Å². The standard InChI is InChI=1S/C20H29N3OS/c1-6-22(14-16-8-10-18(25-5)11-9-16)20(24)19-13-17(12-15(3)4)21-23(19)7-2/h8-11,13,15H,6-7,12,14H2,1-5H3. The van der Waals surface area contributed by atoms with Crippen LogP contribution >= 0.6 is 11.8 Å². The minimum Gasteiger partial charge on any atom is -0.333 e. The quantitative estimate of drug-likeness (QED) is 0.652. The molecule has 0 aliphatic heterocycles. The molecular formula is C20H29N3OS. The highest BCUT2D eigenvalue weighted by Gasteiger charge is 2.20. The van der Waals surface area contributed by atoms with E-state index in [1.165, 1.54) is 4.90 Å². The fourth-order valence-electron chi connectivity index (χ4n) is 2.84. The van der Waals surface area contributed by atoms with Crippen LogP contribution in [0.25, 0.3) is 0 Å². The molecule has 2 aromatic rings. The van der Waals surface area contributed by atoms with Crippen LogP contribution in [-0.4, -0.2) is 33.4 Å². The van der Waals surface area contributed by atoms with Gasteiger partial charge in [0, 0.05) is 24.5 Å². The van der Waals surface area contributed by atoms with Crippen LogP contribution in [0.5, 0.6) is 0 Å². The number of carbonyl (C=O) groups excluding carboxylic acids is 1. The van der Waals surface area contributed by atoms with Gasteiger partial charge in [-0.3, -0.25) is 9.48 Å². The molecule has 0 N–H and O–H groups in total. The lowest BCUT2D eigenvalue weighted by Crippen LogP contribution is -2.32. The molecule has 0 fully saturated rings. The second kappa shape index (κ2) is 9.09. The highest BCUT2D eigenvalue weighted by Crippen LogP contribution is 2.17. The van der Waals surface area contributed by atoms with Gasteiger partial charge in [0.15, 0.2) is 0 Å². The fourth-order valence-corrected chi connectivity index (χ4v) is 3.25. The Labute approximate surface area is 155 Å². The maximum absolute atomic E-state index is 13.0. The third-order valence-electron chi connectivity index (χ3n) is 4.17. The van der Waals surface area contributed by atoms with Gasteiger partial charge in [0.2, 0.25) is 0 Å². The summed E-state index contributed by atoms with van der Waals surface area (Å²) in [6.45, 7) is 10.4. The van der Waals surface area contributed by atoms with Crippen molar-refractivity contribution in [2.75, 3.05) is 12.8 Å². The molecule has 0 saturated heterocycles. The third kappa shape index (κ3) is 5.11. The Kier molecular flexibility index (Phi) is 7.12. The van der Waals surface area contributed by atoms with Gasteiger partial charge >= 0.3 is 0 Å². The summed E-state index contributed by atoms with van der Waals surface area (Å²) in [4.78, 5) is 16.2. The molecule has 5 heteroatoms. The number of rotatable bonds is 8. The summed E-state index contributed by atoms with van der Waals surface area (Å²) in [5.74, 6) is 0.584. The number of carbonyl (C=O) groups is 1. The smallest absolute Gasteiger partial charge is 0.272 e. The average Bonchev–Trinajstić information content (AvgIpc) is 3.01. The van der Waals surface area contributed by atoms with Crippen molar-refractivity contribution in [3.05, 3.63) is 47.3 Å². The summed E-state index contributed by atoms with van der Waals surface area (Å²) < 4.78 is 1.83. The Morgan fingerprint density at radius 2 is 1.92 bits per heavy atom. The molecule has 1 amide bonds. The normalized spacial score (nSPS) is 11.1. The second-order valence-electron chi connectivity index (χ2n) is 6.60. The SMILES string of the molecule is CCN(Cc1ccc(SC)cc1)C(=O)c1cc(CC(C)C)nn1CC. The molecule has 0 radical (unpaired) electrons. The molecule has 2 rings (SSSR count). The van der Waals surface area contributed by atoms with Crippen molar-refractivity contribution in [1.82, 2.24) is 14.7 Å². The van der Waals surface area contributed by atoms with E-state index in [-0.39, 0.29) is 5.91 Å². The molecule has 1 aromatic carbocycles. The number of thioether (sulfide) groups is 1. The van der Waals surface area contributed by atoms with E-state index in [1.807, 2.05) is 29.5 Å². The van der Waals surface area contributed by atoms with Crippen molar-refractivity contribution in [2.45, 2.75) is 52.1 Å². The first kappa shape index (κ1) is 19.6. The number of benzene rings is 1. The van der Waals surface area contributed by atoms with Gasteiger partial charge in [-0.1, -0.05) is 26.0 Å². The molecule has 0 aliphatic rings. The lowest BCUT2D eigenvalue weighted by molar-refractivity contribution is 0.0740. The van der Waals surface area contributed by atoms with Crippen LogP contribution in [0.15, 0.2) is 35.2 Å². The van der Waals surface area contributed by atoms with E-state index in [9.17, 15) is 4.79 Å². The average molecular weight is 360 g/mol. The van der Waals surface area contributed by atoms with E-state index < -0.39 is 0 Å². The van der Waals surface area contributed by atoms with Gasteiger partial charge in [-0.05, 0) is 56.2 Å². The lowest BCUT2D eigenvalue weighted by atomic mass is 10.1. The first-order valence-corrected chi connectivity index (χ1v) is 10.2. The molecule has 0 saturated carbocycles. The van der Waals surface area contributed by atoms with Crippen LogP contribution < -0.4 is 0 Å². The van der Waals surface area contributed by atoms with Crippen molar-refractivity contribution in [3.8, 4) is 0 Å². The Balaban J connectivity index is 2.19. The van der Waals surface area contributed by atoms with Crippen molar-refractivity contribution in [1.29, 1.82) is 0 Å². The molecule has 0 aliphatic carbocycles. The third-order valence-corrected chi connectivity index (χ3v) is 4.91. The Hall–Kier alpha value is -1.75. The van der Waals surface area contributed by atoms with Crippen LogP contribution in [0.4, 0.5) is 0 Å². The zero-order valence-electron chi connectivity index (χ0n) is 16.0. The molecule has 136 valence electrons. The first-order valence-electron chi connectivity index (χ1n) is 8.97. The Bertz CT molecular complexity index is 691. The van der Waals surface area contributed by atoms with E-state index >= 15 is 0 Å². The van der Waals surface area contributed by atoms with Crippen molar-refractivity contribution < 1.29 is 4.79 Å². The van der Waals surface area contributed by atoms with Gasteiger partial charge in [-0.15, -0.1) is 11.8 Å². The van der Waals surface area contributed by atoms with Gasteiger partial charge < -0.3 is 4.90 Å². The fraction of sp³-hybridized carbons (Fsp3) is 0.500. The van der Waals surface area contributed by atoms with Gasteiger partial charge in [0.1, 0.15) is 5.69 Å². The van der Waals surface area contributed by atoms with E-state index in [4.69, 9.17) is 0 Å². The van der Waals surface area contributed by atoms with E-state index in [0.29, 0.717) is 31.2 Å². The highest BCUT2D eigenvalue weighted by molar-refractivity contribution is 7.98. The number of nitrogens with zero attached hydrogens (tertiary/aromatic N) is 3. The highest BCUT2D eigenvalue weighted by atomic mass is 32.2. The lowest BCUT2D eigenvalue weighted by Gasteiger charge is -2.21. The van der Waals surface area contributed by atoms with Gasteiger partial charge in [-0.2, -0.15) is 5.10 Å². The van der Waals surface area contributed by atoms with Crippen LogP contribution in [0.2, 0.25) is 0 Å². The van der Waals surface area contributed by atoms with E-state index in [2.05, 4.69) is 49.5 Å². The molecule has 0 spiro atoms. The Morgan fingerprint density at radius 1 is 1.24 bits per heavy atom.